The summed E-state index contributed by atoms with van der Waals surface area (Å²) < 4.78 is 0. The van der Waals surface area contributed by atoms with Gasteiger partial charge in [-0.2, -0.15) is 0 Å². The van der Waals surface area contributed by atoms with Crippen LogP contribution in [0.25, 0.3) is 72.3 Å². The first-order valence-electron chi connectivity index (χ1n) is 27.8. The van der Waals surface area contributed by atoms with Gasteiger partial charge in [0.1, 0.15) is 0 Å². The maximum atomic E-state index is 2.55. The van der Waals surface area contributed by atoms with Gasteiger partial charge < -0.3 is 4.90 Å². The number of allylic oxidation sites excluding steroid dienone is 3. The fraction of sp³-hybridized carbons (Fsp3) is 0.158. The number of fused-ring (bicyclic) bond motifs is 13. The predicted molar refractivity (Wildman–Crippen MR) is 332 cm³/mol. The third-order valence-electron chi connectivity index (χ3n) is 17.3. The summed E-state index contributed by atoms with van der Waals surface area (Å²) in [6, 6.07) is 85.4. The standard InChI is InChI=1S/C76H63NS/c1-48-20-19-29-65-64-40-34-51(44-72(64)78-73(48)65)49-32-37-54(38-33-49)77(71-31-18-16-28-63(71)59-26-14-13-25-58(59)57-24-12-11-23-56(57)50-21-9-8-10-22-50)55-39-43-68-66(47-55)60-27-15-17-30-67(60)76(68)69-45-52(74(2,3)4)35-41-61(69)62-42-36-53(46-70(62)76)75(5,6)7/h8-48,73H,1-7H3. The zero-order valence-corrected chi connectivity index (χ0v) is 46.4. The molecule has 1 spiro atoms. The Morgan fingerprint density at radius 2 is 0.897 bits per heavy atom. The van der Waals surface area contributed by atoms with E-state index in [4.69, 9.17) is 0 Å². The second-order valence-corrected chi connectivity index (χ2v) is 25.2. The highest BCUT2D eigenvalue weighted by molar-refractivity contribution is 8.01. The van der Waals surface area contributed by atoms with Gasteiger partial charge in [0.05, 0.1) is 11.1 Å². The molecule has 0 saturated heterocycles. The van der Waals surface area contributed by atoms with E-state index in [-0.39, 0.29) is 10.8 Å². The second-order valence-electron chi connectivity index (χ2n) is 24.0. The SMILES string of the molecule is CC1C=CC=C2c3ccc(-c4ccc(N(c5ccc6c(c5)-c5ccccc5C65c6cc(C(C)(C)C)ccc6-c6ccc(C(C)(C)C)cc65)c5ccccc5-c5ccccc5-c5ccccc5-c5ccccc5)cc4)cc3SC21. The van der Waals surface area contributed by atoms with Crippen LogP contribution in [0, 0.1) is 5.92 Å². The molecule has 0 aromatic heterocycles. The fourth-order valence-electron chi connectivity index (χ4n) is 13.3. The molecule has 1 nitrogen and oxygen atoms in total. The maximum Gasteiger partial charge on any atom is 0.0725 e. The van der Waals surface area contributed by atoms with E-state index < -0.39 is 5.41 Å². The molecule has 14 rings (SSSR count). The molecule has 2 heteroatoms. The molecule has 2 atom stereocenters. The van der Waals surface area contributed by atoms with Crippen LogP contribution in [0.3, 0.4) is 0 Å². The summed E-state index contributed by atoms with van der Waals surface area (Å²) in [6.45, 7) is 16.4. The Bertz CT molecular complexity index is 4040. The van der Waals surface area contributed by atoms with Crippen LogP contribution in [0.4, 0.5) is 17.1 Å². The molecule has 0 saturated carbocycles. The summed E-state index contributed by atoms with van der Waals surface area (Å²) in [5, 5.41) is 0.474. The van der Waals surface area contributed by atoms with Crippen LogP contribution in [0.2, 0.25) is 0 Å². The predicted octanol–water partition coefficient (Wildman–Crippen LogP) is 20.8. The van der Waals surface area contributed by atoms with Crippen molar-refractivity contribution in [3.05, 3.63) is 282 Å². The van der Waals surface area contributed by atoms with E-state index in [1.165, 1.54) is 111 Å². The first-order valence-corrected chi connectivity index (χ1v) is 28.7. The van der Waals surface area contributed by atoms with Crippen LogP contribution < -0.4 is 4.90 Å². The average molecular weight is 1020 g/mol. The molecule has 10 aromatic rings. The van der Waals surface area contributed by atoms with Crippen LogP contribution in [0.15, 0.2) is 248 Å². The number of nitrogens with zero attached hydrogens (tertiary/aromatic N) is 1. The highest BCUT2D eigenvalue weighted by atomic mass is 32.2. The normalized spacial score (nSPS) is 16.2. The third kappa shape index (κ3) is 7.59. The third-order valence-corrected chi connectivity index (χ3v) is 18.8. The highest BCUT2D eigenvalue weighted by Gasteiger charge is 2.52. The topological polar surface area (TPSA) is 3.24 Å². The Balaban J connectivity index is 0.972. The first-order chi connectivity index (χ1) is 37.9. The molecule has 0 fully saturated rings. The van der Waals surface area contributed by atoms with Crippen molar-refractivity contribution >= 4 is 34.4 Å². The molecule has 1 heterocycles. The van der Waals surface area contributed by atoms with Gasteiger partial charge in [-0.05, 0) is 159 Å². The molecule has 4 aliphatic rings. The van der Waals surface area contributed by atoms with Crippen molar-refractivity contribution in [2.75, 3.05) is 4.90 Å². The summed E-state index contributed by atoms with van der Waals surface area (Å²) in [5.41, 5.74) is 28.6. The van der Waals surface area contributed by atoms with Crippen molar-refractivity contribution in [3.63, 3.8) is 0 Å². The van der Waals surface area contributed by atoms with Crippen LogP contribution in [-0.4, -0.2) is 5.25 Å². The number of benzene rings is 10. The highest BCUT2D eigenvalue weighted by Crippen LogP contribution is 2.64. The molecular weight excluding hydrogens is 959 g/mol. The van der Waals surface area contributed by atoms with E-state index in [2.05, 4.69) is 296 Å². The zero-order valence-electron chi connectivity index (χ0n) is 45.6. The zero-order chi connectivity index (χ0) is 53.1. The molecule has 10 aromatic carbocycles. The number of hydrogen-bond donors (Lipinski definition) is 0. The van der Waals surface area contributed by atoms with Crippen molar-refractivity contribution in [3.8, 4) is 66.8 Å². The van der Waals surface area contributed by atoms with Gasteiger partial charge in [-0.1, -0.05) is 255 Å². The van der Waals surface area contributed by atoms with Gasteiger partial charge >= 0.3 is 0 Å². The smallest absolute Gasteiger partial charge is 0.0725 e. The van der Waals surface area contributed by atoms with Crippen molar-refractivity contribution < 1.29 is 0 Å². The molecule has 2 unspecified atom stereocenters. The molecule has 0 amide bonds. The molecular formula is C76H63NS. The lowest BCUT2D eigenvalue weighted by Crippen LogP contribution is -2.27. The summed E-state index contributed by atoms with van der Waals surface area (Å²) >= 11 is 2.02. The van der Waals surface area contributed by atoms with E-state index >= 15 is 0 Å². The molecule has 378 valence electrons. The van der Waals surface area contributed by atoms with E-state index in [0.29, 0.717) is 11.2 Å². The van der Waals surface area contributed by atoms with Crippen molar-refractivity contribution in [2.45, 2.75) is 74.9 Å². The molecule has 0 N–H and O–H groups in total. The van der Waals surface area contributed by atoms with Gasteiger partial charge in [-0.3, -0.25) is 0 Å². The number of anilines is 3. The minimum Gasteiger partial charge on any atom is -0.310 e. The Labute approximate surface area is 465 Å². The maximum absolute atomic E-state index is 2.55. The minimum atomic E-state index is -0.496. The minimum absolute atomic E-state index is 0.0235. The number of para-hydroxylation sites is 1. The van der Waals surface area contributed by atoms with Gasteiger partial charge in [-0.15, -0.1) is 11.8 Å². The summed E-state index contributed by atoms with van der Waals surface area (Å²) in [7, 11) is 0. The number of thioether (sulfide) groups is 1. The molecule has 0 bridgehead atoms. The van der Waals surface area contributed by atoms with E-state index in [1.807, 2.05) is 11.8 Å². The quantitative estimate of drug-likeness (QED) is 0.157. The lowest BCUT2D eigenvalue weighted by Gasteiger charge is -2.33. The van der Waals surface area contributed by atoms with Gasteiger partial charge in [0.2, 0.25) is 0 Å². The van der Waals surface area contributed by atoms with Gasteiger partial charge in [0, 0.05) is 27.1 Å². The van der Waals surface area contributed by atoms with Crippen molar-refractivity contribution in [2.24, 2.45) is 5.92 Å². The van der Waals surface area contributed by atoms with Crippen LogP contribution in [-0.2, 0) is 16.2 Å². The molecule has 0 radical (unpaired) electrons. The Morgan fingerprint density at radius 3 is 1.56 bits per heavy atom. The second kappa shape index (κ2) is 18.2. The van der Waals surface area contributed by atoms with Gasteiger partial charge in [-0.25, -0.2) is 0 Å². The van der Waals surface area contributed by atoms with Crippen molar-refractivity contribution in [1.82, 2.24) is 0 Å². The molecule has 1 aliphatic heterocycles. The lowest BCUT2D eigenvalue weighted by atomic mass is 9.69. The Hall–Kier alpha value is -8.17. The number of hydrogen-bond acceptors (Lipinski definition) is 2. The van der Waals surface area contributed by atoms with Crippen LogP contribution in [0.1, 0.15) is 87.4 Å². The summed E-state index contributed by atoms with van der Waals surface area (Å²) in [6.07, 6.45) is 6.90. The van der Waals surface area contributed by atoms with E-state index in [0.717, 1.165) is 22.6 Å². The summed E-state index contributed by atoms with van der Waals surface area (Å²) in [4.78, 5) is 3.89. The Kier molecular flexibility index (Phi) is 11.3. The number of rotatable bonds is 7. The average Bonchev–Trinajstić information content (AvgIpc) is 3.34. The van der Waals surface area contributed by atoms with Gasteiger partial charge in [0.15, 0.2) is 0 Å². The van der Waals surface area contributed by atoms with E-state index in [9.17, 15) is 0 Å². The lowest BCUT2D eigenvalue weighted by molar-refractivity contribution is 0.586. The fourth-order valence-corrected chi connectivity index (χ4v) is 14.7. The monoisotopic (exact) mass is 1020 g/mol. The van der Waals surface area contributed by atoms with Crippen LogP contribution >= 0.6 is 11.8 Å². The Morgan fingerprint density at radius 1 is 0.385 bits per heavy atom. The summed E-state index contributed by atoms with van der Waals surface area (Å²) in [5.74, 6) is 0.509. The first kappa shape index (κ1) is 48.2. The van der Waals surface area contributed by atoms with Crippen LogP contribution in [0.5, 0.6) is 0 Å². The molecule has 78 heavy (non-hydrogen) atoms. The van der Waals surface area contributed by atoms with Crippen molar-refractivity contribution in [1.29, 1.82) is 0 Å². The van der Waals surface area contributed by atoms with Gasteiger partial charge in [0.25, 0.3) is 0 Å². The largest absolute Gasteiger partial charge is 0.310 e. The molecule has 3 aliphatic carbocycles. The van der Waals surface area contributed by atoms with E-state index in [1.54, 1.807) is 0 Å².